The average molecular weight is 269 g/mol. The summed E-state index contributed by atoms with van der Waals surface area (Å²) < 4.78 is 1.62. The van der Waals surface area contributed by atoms with Crippen molar-refractivity contribution < 1.29 is 4.79 Å². The average Bonchev–Trinajstić information content (AvgIpc) is 2.86. The summed E-state index contributed by atoms with van der Waals surface area (Å²) in [5, 5.41) is 12.9. The van der Waals surface area contributed by atoms with Gasteiger partial charge in [0.2, 0.25) is 0 Å². The van der Waals surface area contributed by atoms with E-state index in [1.165, 1.54) is 11.1 Å². The van der Waals surface area contributed by atoms with Gasteiger partial charge < -0.3 is 4.90 Å². The van der Waals surface area contributed by atoms with Crippen LogP contribution >= 0.6 is 0 Å². The van der Waals surface area contributed by atoms with Gasteiger partial charge in [0.15, 0.2) is 5.82 Å². The van der Waals surface area contributed by atoms with Gasteiger partial charge in [-0.05, 0) is 26.0 Å². The third-order valence-electron chi connectivity index (χ3n) is 3.04. The number of carbonyl (C=O) groups excluding carboxylic acids is 1. The molecule has 1 amide bonds. The second kappa shape index (κ2) is 5.97. The van der Waals surface area contributed by atoms with Crippen LogP contribution in [0, 0.1) is 18.3 Å². The zero-order chi connectivity index (χ0) is 14.5. The lowest BCUT2D eigenvalue weighted by Gasteiger charge is -2.16. The molecule has 0 bridgehead atoms. The molecule has 6 nitrogen and oxygen atoms in total. The van der Waals surface area contributed by atoms with E-state index in [-0.39, 0.29) is 12.5 Å². The minimum atomic E-state index is -0.186. The van der Waals surface area contributed by atoms with Crippen LogP contribution in [0.5, 0.6) is 0 Å². The van der Waals surface area contributed by atoms with E-state index >= 15 is 0 Å². The third-order valence-corrected chi connectivity index (χ3v) is 3.04. The maximum absolute atomic E-state index is 12.3. The van der Waals surface area contributed by atoms with Gasteiger partial charge in [0.25, 0.3) is 5.91 Å². The Bertz CT molecular complexity index is 641. The second-order valence-corrected chi connectivity index (χ2v) is 4.22. The Hall–Kier alpha value is -2.68. The molecule has 6 heteroatoms. The number of rotatable bonds is 4. The largest absolute Gasteiger partial charge is 0.325 e. The summed E-state index contributed by atoms with van der Waals surface area (Å²) in [7, 11) is 0. The van der Waals surface area contributed by atoms with Crippen LogP contribution in [-0.4, -0.2) is 38.7 Å². The summed E-state index contributed by atoms with van der Waals surface area (Å²) in [6.45, 7) is 4.22. The van der Waals surface area contributed by atoms with Gasteiger partial charge >= 0.3 is 0 Å². The Labute approximate surface area is 117 Å². The zero-order valence-electron chi connectivity index (χ0n) is 11.4. The molecule has 0 aliphatic carbocycles. The van der Waals surface area contributed by atoms with Crippen molar-refractivity contribution in [3.05, 3.63) is 41.9 Å². The fraction of sp³-hybridized carbons (Fsp3) is 0.286. The number of nitrogens with zero attached hydrogens (tertiary/aromatic N) is 5. The predicted octanol–water partition coefficient (Wildman–Crippen LogP) is 1.56. The molecule has 2 rings (SSSR count). The van der Waals surface area contributed by atoms with E-state index in [0.29, 0.717) is 23.6 Å². The maximum atomic E-state index is 12.3. The Morgan fingerprint density at radius 3 is 2.90 bits per heavy atom. The second-order valence-electron chi connectivity index (χ2n) is 4.22. The first-order valence-electron chi connectivity index (χ1n) is 6.31. The van der Waals surface area contributed by atoms with Gasteiger partial charge in [-0.25, -0.2) is 9.67 Å². The molecule has 0 fully saturated rings. The van der Waals surface area contributed by atoms with E-state index in [4.69, 9.17) is 5.26 Å². The standard InChI is InChI=1S/C14H15N5O/c1-3-18(9-7-15)14(20)12-10-17-19(11(12)2)13-6-4-5-8-16-13/h4-6,8,10H,3,9H2,1-2H3. The Morgan fingerprint density at radius 1 is 1.50 bits per heavy atom. The highest BCUT2D eigenvalue weighted by molar-refractivity contribution is 5.95. The van der Waals surface area contributed by atoms with Gasteiger partial charge in [0, 0.05) is 12.7 Å². The van der Waals surface area contributed by atoms with Gasteiger partial charge in [-0.15, -0.1) is 0 Å². The molecule has 0 aliphatic rings. The van der Waals surface area contributed by atoms with Crippen molar-refractivity contribution in [2.24, 2.45) is 0 Å². The predicted molar refractivity (Wildman–Crippen MR) is 73.3 cm³/mol. The monoisotopic (exact) mass is 269 g/mol. The number of amides is 1. The molecular formula is C14H15N5O. The maximum Gasteiger partial charge on any atom is 0.258 e. The first-order chi connectivity index (χ1) is 9.69. The highest BCUT2D eigenvalue weighted by atomic mass is 16.2. The quantitative estimate of drug-likeness (QED) is 0.789. The van der Waals surface area contributed by atoms with Crippen LogP contribution in [0.25, 0.3) is 5.82 Å². The Morgan fingerprint density at radius 2 is 2.30 bits per heavy atom. The van der Waals surface area contributed by atoms with Crippen LogP contribution in [0.3, 0.4) is 0 Å². The van der Waals surface area contributed by atoms with Crippen LogP contribution in [0.15, 0.2) is 30.6 Å². The molecule has 2 aromatic rings. The highest BCUT2D eigenvalue weighted by Crippen LogP contribution is 2.14. The highest BCUT2D eigenvalue weighted by Gasteiger charge is 2.20. The molecule has 2 heterocycles. The van der Waals surface area contributed by atoms with E-state index < -0.39 is 0 Å². The van der Waals surface area contributed by atoms with Crippen molar-refractivity contribution in [3.8, 4) is 11.9 Å². The molecule has 0 aliphatic heterocycles. The van der Waals surface area contributed by atoms with Crippen molar-refractivity contribution in [2.45, 2.75) is 13.8 Å². The lowest BCUT2D eigenvalue weighted by Crippen LogP contribution is -2.31. The molecule has 102 valence electrons. The van der Waals surface area contributed by atoms with Crippen LogP contribution in [0.4, 0.5) is 0 Å². The van der Waals surface area contributed by atoms with Gasteiger partial charge in [0.05, 0.1) is 23.5 Å². The normalized spacial score (nSPS) is 10.1. The van der Waals surface area contributed by atoms with E-state index in [2.05, 4.69) is 10.1 Å². The molecule has 0 unspecified atom stereocenters. The summed E-state index contributed by atoms with van der Waals surface area (Å²) in [6.07, 6.45) is 3.19. The number of aromatic nitrogens is 3. The van der Waals surface area contributed by atoms with Crippen molar-refractivity contribution >= 4 is 5.91 Å². The van der Waals surface area contributed by atoms with E-state index in [0.717, 1.165) is 0 Å². The van der Waals surface area contributed by atoms with E-state index in [1.807, 2.05) is 38.1 Å². The Balaban J connectivity index is 2.34. The van der Waals surface area contributed by atoms with Crippen molar-refractivity contribution in [2.75, 3.05) is 13.1 Å². The topological polar surface area (TPSA) is 74.8 Å². The minimum absolute atomic E-state index is 0.0730. The fourth-order valence-electron chi connectivity index (χ4n) is 1.91. The number of nitriles is 1. The number of hydrogen-bond donors (Lipinski definition) is 0. The summed E-state index contributed by atoms with van der Waals surface area (Å²) in [5.41, 5.74) is 1.21. The lowest BCUT2D eigenvalue weighted by molar-refractivity contribution is 0.0783. The summed E-state index contributed by atoms with van der Waals surface area (Å²) in [5.74, 6) is 0.473. The van der Waals surface area contributed by atoms with Crippen LogP contribution in [0.1, 0.15) is 23.0 Å². The first-order valence-corrected chi connectivity index (χ1v) is 6.31. The number of carbonyl (C=O) groups is 1. The van der Waals surface area contributed by atoms with Crippen LogP contribution in [-0.2, 0) is 0 Å². The summed E-state index contributed by atoms with van der Waals surface area (Å²) in [4.78, 5) is 18.0. The molecular weight excluding hydrogens is 254 g/mol. The minimum Gasteiger partial charge on any atom is -0.325 e. The summed E-state index contributed by atoms with van der Waals surface area (Å²) in [6, 6.07) is 7.49. The van der Waals surface area contributed by atoms with E-state index in [9.17, 15) is 4.79 Å². The molecule has 0 aromatic carbocycles. The molecule has 0 saturated heterocycles. The van der Waals surface area contributed by atoms with Gasteiger partial charge in [-0.2, -0.15) is 10.4 Å². The molecule has 0 atom stereocenters. The zero-order valence-corrected chi connectivity index (χ0v) is 11.4. The third kappa shape index (κ3) is 2.52. The van der Waals surface area contributed by atoms with Crippen molar-refractivity contribution in [3.63, 3.8) is 0 Å². The number of hydrogen-bond acceptors (Lipinski definition) is 4. The van der Waals surface area contributed by atoms with Crippen LogP contribution < -0.4 is 0 Å². The van der Waals surface area contributed by atoms with Gasteiger partial charge in [-0.1, -0.05) is 6.07 Å². The van der Waals surface area contributed by atoms with Crippen LogP contribution in [0.2, 0.25) is 0 Å². The fourth-order valence-corrected chi connectivity index (χ4v) is 1.91. The molecule has 0 spiro atoms. The van der Waals surface area contributed by atoms with Gasteiger partial charge in [-0.3, -0.25) is 4.79 Å². The SMILES string of the molecule is CCN(CC#N)C(=O)c1cnn(-c2ccccn2)c1C. The van der Waals surface area contributed by atoms with Crippen molar-refractivity contribution in [1.29, 1.82) is 5.26 Å². The smallest absolute Gasteiger partial charge is 0.258 e. The molecule has 0 radical (unpaired) electrons. The molecule has 0 saturated carbocycles. The lowest BCUT2D eigenvalue weighted by atomic mass is 10.2. The molecule has 2 aromatic heterocycles. The van der Waals surface area contributed by atoms with Crippen molar-refractivity contribution in [1.82, 2.24) is 19.7 Å². The first kappa shape index (κ1) is 13.7. The molecule has 20 heavy (non-hydrogen) atoms. The number of pyridine rings is 1. The van der Waals surface area contributed by atoms with E-state index in [1.54, 1.807) is 10.9 Å². The molecule has 0 N–H and O–H groups in total. The van der Waals surface area contributed by atoms with Gasteiger partial charge in [0.1, 0.15) is 6.54 Å². The summed E-state index contributed by atoms with van der Waals surface area (Å²) >= 11 is 0. The Kier molecular flexibility index (Phi) is 4.11.